The summed E-state index contributed by atoms with van der Waals surface area (Å²) in [5, 5.41) is 1.08. The van der Waals surface area contributed by atoms with E-state index in [1.807, 2.05) is 0 Å². The predicted molar refractivity (Wildman–Crippen MR) is 69.3 cm³/mol. The number of rotatable bonds is 2. The normalized spacial score (nSPS) is 11.3. The number of benzene rings is 2. The molecule has 0 aliphatic heterocycles. The minimum absolute atomic E-state index is 0.00733. The molecule has 2 aromatic rings. The summed E-state index contributed by atoms with van der Waals surface area (Å²) in [5.74, 6) is 1.77. The minimum Gasteiger partial charge on any atom is -0.404 e. The number of hydrogen-bond donors (Lipinski definition) is 2. The lowest BCUT2D eigenvalue weighted by atomic mass is 9.99. The maximum absolute atomic E-state index is 13.6. The highest BCUT2D eigenvalue weighted by Crippen LogP contribution is 2.39. The van der Waals surface area contributed by atoms with Crippen molar-refractivity contribution in [1.29, 1.82) is 0 Å². The summed E-state index contributed by atoms with van der Waals surface area (Å²) in [4.78, 5) is 17.6. The van der Waals surface area contributed by atoms with Crippen molar-refractivity contribution in [3.05, 3.63) is 41.2 Å². The largest absolute Gasteiger partial charge is 0.524 e. The van der Waals surface area contributed by atoms with Gasteiger partial charge in [0.1, 0.15) is 11.6 Å². The van der Waals surface area contributed by atoms with Gasteiger partial charge in [0.2, 0.25) is 0 Å². The molecule has 0 aliphatic rings. The average Bonchev–Trinajstić information content (AvgIpc) is 2.27. The van der Waals surface area contributed by atoms with Gasteiger partial charge in [-0.25, -0.2) is 8.96 Å². The first kappa shape index (κ1) is 13.6. The topological polar surface area (TPSA) is 66.8 Å². The first-order valence-electron chi connectivity index (χ1n) is 5.26. The molecule has 0 saturated heterocycles. The third kappa shape index (κ3) is 2.77. The molecule has 0 fully saturated rings. The van der Waals surface area contributed by atoms with Crippen molar-refractivity contribution in [3.8, 4) is 18.1 Å². The molecular formula is C13H10FO4P. The lowest BCUT2D eigenvalue weighted by Crippen LogP contribution is -1.94. The fraction of sp³-hybridized carbons (Fsp3) is 0.0769. The van der Waals surface area contributed by atoms with Gasteiger partial charge in [0.25, 0.3) is 0 Å². The molecule has 19 heavy (non-hydrogen) atoms. The lowest BCUT2D eigenvalue weighted by Gasteiger charge is -2.11. The molecule has 0 saturated carbocycles. The molecular weight excluding hydrogens is 270 g/mol. The predicted octanol–water partition coefficient (Wildman–Crippen LogP) is 2.74. The SMILES string of the molecule is C#Cc1c(F)ccc2cc(OP(=O)(O)O)cc(C)c12. The number of hydrogen-bond acceptors (Lipinski definition) is 2. The Hall–Kier alpha value is -1.86. The summed E-state index contributed by atoms with van der Waals surface area (Å²) in [7, 11) is -4.63. The van der Waals surface area contributed by atoms with Crippen LogP contribution in [-0.4, -0.2) is 9.79 Å². The van der Waals surface area contributed by atoms with Gasteiger partial charge in [-0.05, 0) is 36.1 Å². The van der Waals surface area contributed by atoms with Crippen LogP contribution in [0, 0.1) is 25.1 Å². The van der Waals surface area contributed by atoms with Crippen molar-refractivity contribution in [2.75, 3.05) is 0 Å². The van der Waals surface area contributed by atoms with Gasteiger partial charge in [-0.3, -0.25) is 9.79 Å². The van der Waals surface area contributed by atoms with E-state index in [2.05, 4.69) is 10.4 Å². The fourth-order valence-electron chi connectivity index (χ4n) is 1.95. The molecule has 0 bridgehead atoms. The second-order valence-electron chi connectivity index (χ2n) is 3.99. The molecule has 0 amide bonds. The summed E-state index contributed by atoms with van der Waals surface area (Å²) in [5.41, 5.74) is 0.700. The van der Waals surface area contributed by atoms with Crippen LogP contribution in [0.4, 0.5) is 4.39 Å². The maximum Gasteiger partial charge on any atom is 0.524 e. The van der Waals surface area contributed by atoms with Crippen LogP contribution in [0.2, 0.25) is 0 Å². The Balaban J connectivity index is 2.70. The molecule has 4 nitrogen and oxygen atoms in total. The Bertz CT molecular complexity index is 742. The average molecular weight is 280 g/mol. The van der Waals surface area contributed by atoms with E-state index in [4.69, 9.17) is 16.2 Å². The monoisotopic (exact) mass is 280 g/mol. The Morgan fingerprint density at radius 3 is 2.63 bits per heavy atom. The van der Waals surface area contributed by atoms with Crippen LogP contribution in [0.5, 0.6) is 5.75 Å². The number of fused-ring (bicyclic) bond motifs is 1. The van der Waals surface area contributed by atoms with Crippen LogP contribution in [-0.2, 0) is 4.57 Å². The van der Waals surface area contributed by atoms with Gasteiger partial charge in [-0.15, -0.1) is 6.42 Å². The summed E-state index contributed by atoms with van der Waals surface area (Å²) >= 11 is 0. The van der Waals surface area contributed by atoms with E-state index in [0.717, 1.165) is 0 Å². The zero-order chi connectivity index (χ0) is 14.2. The van der Waals surface area contributed by atoms with Gasteiger partial charge in [-0.1, -0.05) is 12.0 Å². The molecule has 2 N–H and O–H groups in total. The second-order valence-corrected chi connectivity index (χ2v) is 5.15. The van der Waals surface area contributed by atoms with E-state index < -0.39 is 13.6 Å². The molecule has 0 aliphatic carbocycles. The fourth-order valence-corrected chi connectivity index (χ4v) is 2.33. The standard InChI is InChI=1S/C13H10FO4P/c1-3-11-12(14)5-4-9-7-10(18-19(15,16)17)6-8(2)13(9)11/h1,4-7H,2H3,(H2,15,16,17). The van der Waals surface area contributed by atoms with Gasteiger partial charge < -0.3 is 4.52 Å². The van der Waals surface area contributed by atoms with Crippen molar-refractivity contribution in [2.45, 2.75) is 6.92 Å². The van der Waals surface area contributed by atoms with Crippen LogP contribution in [0.15, 0.2) is 24.3 Å². The molecule has 0 unspecified atom stereocenters. The zero-order valence-electron chi connectivity index (χ0n) is 9.92. The summed E-state index contributed by atoms with van der Waals surface area (Å²) < 4.78 is 28.9. The number of terminal acetylenes is 1. The van der Waals surface area contributed by atoms with Gasteiger partial charge >= 0.3 is 7.82 Å². The maximum atomic E-state index is 13.6. The third-order valence-corrected chi connectivity index (χ3v) is 3.05. The van der Waals surface area contributed by atoms with E-state index in [9.17, 15) is 8.96 Å². The molecule has 2 aromatic carbocycles. The van der Waals surface area contributed by atoms with Crippen molar-refractivity contribution >= 4 is 18.6 Å². The molecule has 0 heterocycles. The Morgan fingerprint density at radius 1 is 1.37 bits per heavy atom. The quantitative estimate of drug-likeness (QED) is 0.655. The highest BCUT2D eigenvalue weighted by molar-refractivity contribution is 7.46. The number of phosphoric acid groups is 1. The summed E-state index contributed by atoms with van der Waals surface area (Å²) in [6, 6.07) is 5.49. The Kier molecular flexibility index (Phi) is 3.34. The van der Waals surface area contributed by atoms with Crippen molar-refractivity contribution in [1.82, 2.24) is 0 Å². The molecule has 0 aromatic heterocycles. The van der Waals surface area contributed by atoms with Crippen LogP contribution in [0.3, 0.4) is 0 Å². The van der Waals surface area contributed by atoms with Crippen LogP contribution >= 0.6 is 7.82 Å². The molecule has 2 rings (SSSR count). The molecule has 6 heteroatoms. The van der Waals surface area contributed by atoms with E-state index in [1.54, 1.807) is 6.92 Å². The molecule has 0 atom stereocenters. The van der Waals surface area contributed by atoms with E-state index in [0.29, 0.717) is 16.3 Å². The van der Waals surface area contributed by atoms with Gasteiger partial charge in [-0.2, -0.15) is 0 Å². The first-order valence-corrected chi connectivity index (χ1v) is 6.79. The van der Waals surface area contributed by atoms with Crippen molar-refractivity contribution < 1.29 is 23.3 Å². The van der Waals surface area contributed by atoms with Gasteiger partial charge in [0.15, 0.2) is 0 Å². The first-order chi connectivity index (χ1) is 8.81. The van der Waals surface area contributed by atoms with Crippen LogP contribution in [0.1, 0.15) is 11.1 Å². The second kappa shape index (κ2) is 4.67. The van der Waals surface area contributed by atoms with E-state index >= 15 is 0 Å². The van der Waals surface area contributed by atoms with E-state index in [-0.39, 0.29) is 11.3 Å². The number of phosphoric ester groups is 1. The summed E-state index contributed by atoms with van der Waals surface area (Å²) in [6.07, 6.45) is 5.28. The van der Waals surface area contributed by atoms with Crippen LogP contribution in [0.25, 0.3) is 10.8 Å². The van der Waals surface area contributed by atoms with E-state index in [1.165, 1.54) is 24.3 Å². The minimum atomic E-state index is -4.63. The smallest absolute Gasteiger partial charge is 0.404 e. The molecule has 0 radical (unpaired) electrons. The molecule has 0 spiro atoms. The van der Waals surface area contributed by atoms with Gasteiger partial charge in [0.05, 0.1) is 5.56 Å². The highest BCUT2D eigenvalue weighted by Gasteiger charge is 2.17. The number of aryl methyl sites for hydroxylation is 1. The Morgan fingerprint density at radius 2 is 2.05 bits per heavy atom. The van der Waals surface area contributed by atoms with Crippen LogP contribution < -0.4 is 4.52 Å². The summed E-state index contributed by atoms with van der Waals surface area (Å²) in [6.45, 7) is 1.66. The zero-order valence-corrected chi connectivity index (χ0v) is 10.8. The van der Waals surface area contributed by atoms with Crippen molar-refractivity contribution in [3.63, 3.8) is 0 Å². The third-order valence-electron chi connectivity index (χ3n) is 2.61. The molecule has 98 valence electrons. The Labute approximate surface area is 109 Å². The lowest BCUT2D eigenvalue weighted by molar-refractivity contribution is 0.283. The van der Waals surface area contributed by atoms with Crippen molar-refractivity contribution in [2.24, 2.45) is 0 Å². The van der Waals surface area contributed by atoms with Gasteiger partial charge in [0, 0.05) is 5.39 Å². The number of halogens is 1. The highest BCUT2D eigenvalue weighted by atomic mass is 31.2.